The van der Waals surface area contributed by atoms with Crippen LogP contribution in [0.3, 0.4) is 0 Å². The Morgan fingerprint density at radius 2 is 1.95 bits per heavy atom. The highest BCUT2D eigenvalue weighted by Gasteiger charge is 2.23. The molecule has 3 rings (SSSR count). The Kier molecular flexibility index (Phi) is 4.22. The van der Waals surface area contributed by atoms with E-state index in [9.17, 15) is 4.79 Å². The second-order valence-corrected chi connectivity index (χ2v) is 5.75. The van der Waals surface area contributed by atoms with E-state index in [0.717, 1.165) is 21.5 Å². The zero-order valence-corrected chi connectivity index (χ0v) is 12.9. The third kappa shape index (κ3) is 3.43. The van der Waals surface area contributed by atoms with Crippen LogP contribution in [0.1, 0.15) is 11.6 Å². The first-order valence-corrected chi connectivity index (χ1v) is 7.52. The van der Waals surface area contributed by atoms with Crippen LogP contribution in [-0.4, -0.2) is 19.1 Å². The number of rotatable bonds is 4. The van der Waals surface area contributed by atoms with Gasteiger partial charge in [-0.15, -0.1) is 0 Å². The number of benzene rings is 2. The predicted molar refractivity (Wildman–Crippen MR) is 85.5 cm³/mol. The lowest BCUT2D eigenvalue weighted by Gasteiger charge is -2.11. The number of ether oxygens (including phenoxy) is 1. The smallest absolute Gasteiger partial charge is 0.238 e. The van der Waals surface area contributed by atoms with Crippen molar-refractivity contribution >= 4 is 27.5 Å². The van der Waals surface area contributed by atoms with E-state index in [1.54, 1.807) is 0 Å². The number of anilines is 1. The molecule has 2 aromatic carbocycles. The Bertz CT molecular complexity index is 643. The third-order valence-corrected chi connectivity index (χ3v) is 3.87. The van der Waals surface area contributed by atoms with Crippen molar-refractivity contribution < 1.29 is 9.53 Å². The van der Waals surface area contributed by atoms with Crippen LogP contribution in [0.5, 0.6) is 5.75 Å². The fraction of sp³-hybridized carbons (Fsp3) is 0.188. The summed E-state index contributed by atoms with van der Waals surface area (Å²) in [5, 5.41) is 6.08. The molecule has 1 aliphatic heterocycles. The number of amides is 1. The van der Waals surface area contributed by atoms with Gasteiger partial charge in [-0.25, -0.2) is 0 Å². The van der Waals surface area contributed by atoms with Crippen LogP contribution in [-0.2, 0) is 4.79 Å². The van der Waals surface area contributed by atoms with E-state index in [4.69, 9.17) is 4.74 Å². The van der Waals surface area contributed by atoms with Crippen molar-refractivity contribution in [1.29, 1.82) is 0 Å². The average Bonchev–Trinajstić information content (AvgIpc) is 2.91. The van der Waals surface area contributed by atoms with Gasteiger partial charge in [0.25, 0.3) is 0 Å². The molecule has 2 aromatic rings. The van der Waals surface area contributed by atoms with Crippen molar-refractivity contribution in [3.05, 3.63) is 58.6 Å². The van der Waals surface area contributed by atoms with Crippen LogP contribution in [0.4, 0.5) is 5.69 Å². The quantitative estimate of drug-likeness (QED) is 0.894. The molecule has 4 nitrogen and oxygen atoms in total. The fourth-order valence-corrected chi connectivity index (χ4v) is 2.55. The Morgan fingerprint density at radius 1 is 1.19 bits per heavy atom. The van der Waals surface area contributed by atoms with Crippen LogP contribution in [0.15, 0.2) is 53.0 Å². The minimum Gasteiger partial charge on any atom is -0.491 e. The zero-order chi connectivity index (χ0) is 14.7. The highest BCUT2D eigenvalue weighted by Crippen LogP contribution is 2.31. The minimum atomic E-state index is -0.0679. The van der Waals surface area contributed by atoms with Gasteiger partial charge in [-0.2, -0.15) is 0 Å². The average molecular weight is 347 g/mol. The van der Waals surface area contributed by atoms with Gasteiger partial charge >= 0.3 is 0 Å². The third-order valence-electron chi connectivity index (χ3n) is 3.34. The second-order valence-electron chi connectivity index (χ2n) is 4.84. The lowest BCUT2D eigenvalue weighted by atomic mass is 10.1. The number of nitrogens with one attached hydrogen (secondary N) is 2. The molecule has 0 fully saturated rings. The van der Waals surface area contributed by atoms with Gasteiger partial charge in [0.05, 0.1) is 12.6 Å². The van der Waals surface area contributed by atoms with Gasteiger partial charge in [-0.3, -0.25) is 10.1 Å². The minimum absolute atomic E-state index is 0.0665. The van der Waals surface area contributed by atoms with Gasteiger partial charge in [0.1, 0.15) is 12.4 Å². The number of halogens is 1. The Labute approximate surface area is 131 Å². The highest BCUT2D eigenvalue weighted by molar-refractivity contribution is 9.10. The molecule has 2 N–H and O–H groups in total. The molecule has 0 aliphatic carbocycles. The summed E-state index contributed by atoms with van der Waals surface area (Å²) in [6.07, 6.45) is 0. The van der Waals surface area contributed by atoms with Crippen molar-refractivity contribution in [3.8, 4) is 5.75 Å². The molecule has 21 heavy (non-hydrogen) atoms. The first-order valence-electron chi connectivity index (χ1n) is 6.73. The molecule has 5 heteroatoms. The van der Waals surface area contributed by atoms with Gasteiger partial charge in [0.15, 0.2) is 0 Å². The first-order chi connectivity index (χ1) is 10.2. The van der Waals surface area contributed by atoms with Crippen molar-refractivity contribution in [2.45, 2.75) is 6.04 Å². The largest absolute Gasteiger partial charge is 0.491 e. The van der Waals surface area contributed by atoms with Crippen molar-refractivity contribution in [3.63, 3.8) is 0 Å². The van der Waals surface area contributed by atoms with E-state index in [2.05, 4.69) is 26.6 Å². The SMILES string of the molecule is O=C(CNC1COc2ccccc21)Nc1ccc(Br)cc1. The molecule has 0 bridgehead atoms. The van der Waals surface area contributed by atoms with Crippen LogP contribution < -0.4 is 15.4 Å². The maximum atomic E-state index is 11.9. The van der Waals surface area contributed by atoms with Gasteiger partial charge in [0, 0.05) is 15.7 Å². The molecule has 1 aliphatic rings. The summed E-state index contributed by atoms with van der Waals surface area (Å²) >= 11 is 3.36. The monoisotopic (exact) mass is 346 g/mol. The van der Waals surface area contributed by atoms with Crippen LogP contribution in [0.2, 0.25) is 0 Å². The molecule has 1 unspecified atom stereocenters. The number of hydrogen-bond donors (Lipinski definition) is 2. The molecule has 1 heterocycles. The highest BCUT2D eigenvalue weighted by atomic mass is 79.9. The Hall–Kier alpha value is -1.85. The topological polar surface area (TPSA) is 50.4 Å². The Morgan fingerprint density at radius 3 is 2.76 bits per heavy atom. The summed E-state index contributed by atoms with van der Waals surface area (Å²) in [5.74, 6) is 0.824. The maximum absolute atomic E-state index is 11.9. The van der Waals surface area contributed by atoms with E-state index in [0.29, 0.717) is 6.61 Å². The number of para-hydroxylation sites is 1. The summed E-state index contributed by atoms with van der Waals surface area (Å²) in [4.78, 5) is 11.9. The lowest BCUT2D eigenvalue weighted by Crippen LogP contribution is -2.31. The molecule has 0 spiro atoms. The molecule has 0 aromatic heterocycles. The van der Waals surface area contributed by atoms with Crippen molar-refractivity contribution in [2.24, 2.45) is 0 Å². The van der Waals surface area contributed by atoms with Gasteiger partial charge in [-0.05, 0) is 30.3 Å². The van der Waals surface area contributed by atoms with Crippen LogP contribution in [0, 0.1) is 0 Å². The summed E-state index contributed by atoms with van der Waals surface area (Å²) in [7, 11) is 0. The number of fused-ring (bicyclic) bond motifs is 1. The van der Waals surface area contributed by atoms with E-state index < -0.39 is 0 Å². The predicted octanol–water partition coefficient (Wildman–Crippen LogP) is 3.11. The first kappa shape index (κ1) is 14.1. The molecule has 108 valence electrons. The van der Waals surface area contributed by atoms with E-state index in [-0.39, 0.29) is 18.5 Å². The summed E-state index contributed by atoms with van der Waals surface area (Å²) in [6, 6.07) is 15.5. The molecular formula is C16H15BrN2O2. The molecule has 0 radical (unpaired) electrons. The summed E-state index contributed by atoms with van der Waals surface area (Å²) in [5.41, 5.74) is 1.89. The number of carbonyl (C=O) groups excluding carboxylic acids is 1. The molecular weight excluding hydrogens is 332 g/mol. The number of carbonyl (C=O) groups is 1. The van der Waals surface area contributed by atoms with E-state index >= 15 is 0 Å². The summed E-state index contributed by atoms with van der Waals surface area (Å²) in [6.45, 7) is 0.809. The van der Waals surface area contributed by atoms with Crippen molar-refractivity contribution in [1.82, 2.24) is 5.32 Å². The number of hydrogen-bond acceptors (Lipinski definition) is 3. The van der Waals surface area contributed by atoms with E-state index in [1.165, 1.54) is 0 Å². The standard InChI is InChI=1S/C16H15BrN2O2/c17-11-5-7-12(8-6-11)19-16(20)9-18-14-10-21-15-4-2-1-3-13(14)15/h1-8,14,18H,9-10H2,(H,19,20). The van der Waals surface area contributed by atoms with Gasteiger partial charge in [0.2, 0.25) is 5.91 Å². The van der Waals surface area contributed by atoms with Gasteiger partial charge < -0.3 is 10.1 Å². The lowest BCUT2D eigenvalue weighted by molar-refractivity contribution is -0.115. The van der Waals surface area contributed by atoms with E-state index in [1.807, 2.05) is 48.5 Å². The zero-order valence-electron chi connectivity index (χ0n) is 11.3. The molecule has 0 saturated heterocycles. The van der Waals surface area contributed by atoms with Crippen molar-refractivity contribution in [2.75, 3.05) is 18.5 Å². The van der Waals surface area contributed by atoms with Crippen LogP contribution in [0.25, 0.3) is 0 Å². The normalized spacial score (nSPS) is 16.1. The maximum Gasteiger partial charge on any atom is 0.238 e. The second kappa shape index (κ2) is 6.28. The van der Waals surface area contributed by atoms with Gasteiger partial charge in [-0.1, -0.05) is 34.1 Å². The molecule has 1 atom stereocenters. The molecule has 1 amide bonds. The Balaban J connectivity index is 1.54. The molecule has 0 saturated carbocycles. The summed E-state index contributed by atoms with van der Waals surface area (Å²) < 4.78 is 6.56. The van der Waals surface area contributed by atoms with Crippen LogP contribution >= 0.6 is 15.9 Å². The fourth-order valence-electron chi connectivity index (χ4n) is 2.29.